The molecule has 1 rings (SSSR count). The zero-order valence-corrected chi connectivity index (χ0v) is 13.0. The minimum Gasteiger partial charge on any atom is -0.380 e. The fraction of sp³-hybridized carbons (Fsp3) is 0.533. The van der Waals surface area contributed by atoms with Gasteiger partial charge in [0.2, 0.25) is 0 Å². The van der Waals surface area contributed by atoms with Crippen molar-refractivity contribution in [1.29, 1.82) is 0 Å². The minimum atomic E-state index is -0.481. The molecular weight excluding hydrogens is 270 g/mol. The average Bonchev–Trinajstić information content (AvgIpc) is 2.44. The average molecular weight is 293 g/mol. The Morgan fingerprint density at radius 1 is 1.33 bits per heavy atom. The van der Waals surface area contributed by atoms with E-state index in [1.165, 1.54) is 6.07 Å². The highest BCUT2D eigenvalue weighted by molar-refractivity contribution is 5.95. The molecule has 0 spiro atoms. The van der Waals surface area contributed by atoms with Gasteiger partial charge in [-0.05, 0) is 30.9 Å². The first-order chi connectivity index (χ1) is 9.86. The SMILES string of the molecule is CCNc1ccc(C(=O)NCC(C)C(C)C)cc1[N+](=O)[O-]. The van der Waals surface area contributed by atoms with Gasteiger partial charge in [-0.15, -0.1) is 0 Å². The highest BCUT2D eigenvalue weighted by Crippen LogP contribution is 2.25. The normalized spacial score (nSPS) is 12.0. The van der Waals surface area contributed by atoms with Crippen LogP contribution in [0, 0.1) is 22.0 Å². The number of rotatable bonds is 7. The van der Waals surface area contributed by atoms with E-state index in [9.17, 15) is 14.9 Å². The number of carbonyl (C=O) groups excluding carboxylic acids is 1. The maximum atomic E-state index is 12.1. The lowest BCUT2D eigenvalue weighted by Gasteiger charge is -2.16. The van der Waals surface area contributed by atoms with Gasteiger partial charge in [-0.2, -0.15) is 0 Å². The van der Waals surface area contributed by atoms with Gasteiger partial charge in [0, 0.05) is 24.7 Å². The second kappa shape index (κ2) is 7.61. The van der Waals surface area contributed by atoms with Crippen LogP contribution in [-0.2, 0) is 0 Å². The van der Waals surface area contributed by atoms with Crippen molar-refractivity contribution in [2.75, 3.05) is 18.4 Å². The summed E-state index contributed by atoms with van der Waals surface area (Å²) < 4.78 is 0. The van der Waals surface area contributed by atoms with Gasteiger partial charge in [-0.25, -0.2) is 0 Å². The van der Waals surface area contributed by atoms with Gasteiger partial charge in [0.1, 0.15) is 5.69 Å². The second-order valence-electron chi connectivity index (χ2n) is 5.45. The predicted octanol–water partition coefficient (Wildman–Crippen LogP) is 3.05. The van der Waals surface area contributed by atoms with Gasteiger partial charge in [0.05, 0.1) is 4.92 Å². The molecule has 0 aliphatic heterocycles. The molecule has 0 saturated carbocycles. The largest absolute Gasteiger partial charge is 0.380 e. The molecule has 0 bridgehead atoms. The summed E-state index contributed by atoms with van der Waals surface area (Å²) in [5.41, 5.74) is 0.648. The van der Waals surface area contributed by atoms with Gasteiger partial charge in [0.25, 0.3) is 11.6 Å². The number of benzene rings is 1. The van der Waals surface area contributed by atoms with E-state index >= 15 is 0 Å². The molecule has 0 fully saturated rings. The number of nitrogens with zero attached hydrogens (tertiary/aromatic N) is 1. The quantitative estimate of drug-likeness (QED) is 0.597. The summed E-state index contributed by atoms with van der Waals surface area (Å²) in [6.07, 6.45) is 0. The third kappa shape index (κ3) is 4.73. The van der Waals surface area contributed by atoms with Crippen LogP contribution in [0.2, 0.25) is 0 Å². The maximum absolute atomic E-state index is 12.1. The Labute approximate surface area is 125 Å². The van der Waals surface area contributed by atoms with E-state index in [2.05, 4.69) is 31.4 Å². The molecule has 1 aromatic carbocycles. The molecule has 1 amide bonds. The molecule has 0 saturated heterocycles. The van der Waals surface area contributed by atoms with Gasteiger partial charge in [0.15, 0.2) is 0 Å². The van der Waals surface area contributed by atoms with Crippen LogP contribution in [0.15, 0.2) is 18.2 Å². The number of nitrogens with one attached hydrogen (secondary N) is 2. The molecule has 116 valence electrons. The Bertz CT molecular complexity index is 515. The van der Waals surface area contributed by atoms with E-state index in [4.69, 9.17) is 0 Å². The van der Waals surface area contributed by atoms with Crippen molar-refractivity contribution in [3.63, 3.8) is 0 Å². The number of anilines is 1. The van der Waals surface area contributed by atoms with Crippen molar-refractivity contribution >= 4 is 17.3 Å². The lowest BCUT2D eigenvalue weighted by Crippen LogP contribution is -2.30. The summed E-state index contributed by atoms with van der Waals surface area (Å²) in [6.45, 7) is 9.23. The van der Waals surface area contributed by atoms with Crippen molar-refractivity contribution < 1.29 is 9.72 Å². The van der Waals surface area contributed by atoms with E-state index in [1.807, 2.05) is 6.92 Å². The van der Waals surface area contributed by atoms with Crippen molar-refractivity contribution in [2.45, 2.75) is 27.7 Å². The molecule has 6 heteroatoms. The third-order valence-corrected chi connectivity index (χ3v) is 3.55. The maximum Gasteiger partial charge on any atom is 0.293 e. The van der Waals surface area contributed by atoms with Crippen LogP contribution in [-0.4, -0.2) is 23.9 Å². The van der Waals surface area contributed by atoms with E-state index in [-0.39, 0.29) is 11.6 Å². The first-order valence-electron chi connectivity index (χ1n) is 7.17. The van der Waals surface area contributed by atoms with Gasteiger partial charge in [-0.1, -0.05) is 20.8 Å². The zero-order valence-electron chi connectivity index (χ0n) is 13.0. The zero-order chi connectivity index (χ0) is 16.0. The Morgan fingerprint density at radius 3 is 2.52 bits per heavy atom. The van der Waals surface area contributed by atoms with Crippen LogP contribution >= 0.6 is 0 Å². The number of nitro groups is 1. The lowest BCUT2D eigenvalue weighted by atomic mass is 9.98. The van der Waals surface area contributed by atoms with Crippen molar-refractivity contribution in [2.24, 2.45) is 11.8 Å². The number of nitro benzene ring substituents is 1. The predicted molar refractivity (Wildman–Crippen MR) is 83.6 cm³/mol. The standard InChI is InChI=1S/C15H23N3O3/c1-5-16-13-7-6-12(8-14(13)18(20)21)15(19)17-9-11(4)10(2)3/h6-8,10-11,16H,5,9H2,1-4H3,(H,17,19). The molecule has 2 N–H and O–H groups in total. The minimum absolute atomic E-state index is 0.0820. The second-order valence-corrected chi connectivity index (χ2v) is 5.45. The Morgan fingerprint density at radius 2 is 2.00 bits per heavy atom. The molecule has 1 atom stereocenters. The fourth-order valence-electron chi connectivity index (χ4n) is 1.76. The highest BCUT2D eigenvalue weighted by Gasteiger charge is 2.17. The Kier molecular flexibility index (Phi) is 6.14. The number of carbonyl (C=O) groups is 1. The van der Waals surface area contributed by atoms with Crippen LogP contribution < -0.4 is 10.6 Å². The summed E-state index contributed by atoms with van der Waals surface area (Å²) in [6, 6.07) is 4.48. The van der Waals surface area contributed by atoms with E-state index in [0.29, 0.717) is 36.2 Å². The van der Waals surface area contributed by atoms with Gasteiger partial charge >= 0.3 is 0 Å². The molecule has 1 unspecified atom stereocenters. The summed E-state index contributed by atoms with van der Waals surface area (Å²) in [7, 11) is 0. The van der Waals surface area contributed by atoms with Crippen LogP contribution in [0.5, 0.6) is 0 Å². The van der Waals surface area contributed by atoms with Crippen LogP contribution in [0.25, 0.3) is 0 Å². The van der Waals surface area contributed by atoms with Crippen molar-refractivity contribution in [3.8, 4) is 0 Å². The summed E-state index contributed by atoms with van der Waals surface area (Å²) in [5.74, 6) is 0.536. The molecule has 0 aliphatic carbocycles. The molecule has 6 nitrogen and oxygen atoms in total. The summed E-state index contributed by atoms with van der Waals surface area (Å²) in [4.78, 5) is 22.6. The van der Waals surface area contributed by atoms with Crippen LogP contribution in [0.3, 0.4) is 0 Å². The molecule has 0 radical (unpaired) electrons. The molecule has 0 aliphatic rings. The Balaban J connectivity index is 2.86. The topological polar surface area (TPSA) is 84.3 Å². The van der Waals surface area contributed by atoms with E-state index in [1.54, 1.807) is 12.1 Å². The first-order valence-corrected chi connectivity index (χ1v) is 7.17. The van der Waals surface area contributed by atoms with Crippen molar-refractivity contribution in [1.82, 2.24) is 5.32 Å². The Hall–Kier alpha value is -2.11. The van der Waals surface area contributed by atoms with E-state index in [0.717, 1.165) is 0 Å². The van der Waals surface area contributed by atoms with Gasteiger partial charge < -0.3 is 10.6 Å². The first kappa shape index (κ1) is 16.9. The summed E-state index contributed by atoms with van der Waals surface area (Å²) >= 11 is 0. The third-order valence-electron chi connectivity index (χ3n) is 3.55. The van der Waals surface area contributed by atoms with Crippen LogP contribution in [0.4, 0.5) is 11.4 Å². The monoisotopic (exact) mass is 293 g/mol. The van der Waals surface area contributed by atoms with E-state index < -0.39 is 4.92 Å². The van der Waals surface area contributed by atoms with Gasteiger partial charge in [-0.3, -0.25) is 14.9 Å². The highest BCUT2D eigenvalue weighted by atomic mass is 16.6. The number of amides is 1. The smallest absolute Gasteiger partial charge is 0.293 e. The molecule has 0 aromatic heterocycles. The summed E-state index contributed by atoms with van der Waals surface area (Å²) in [5, 5.41) is 16.8. The molecule has 21 heavy (non-hydrogen) atoms. The number of hydrogen-bond donors (Lipinski definition) is 2. The lowest BCUT2D eigenvalue weighted by molar-refractivity contribution is -0.384. The molecule has 0 heterocycles. The molecule has 1 aromatic rings. The fourth-order valence-corrected chi connectivity index (χ4v) is 1.76. The molecular formula is C15H23N3O3. The number of hydrogen-bond acceptors (Lipinski definition) is 4. The van der Waals surface area contributed by atoms with Crippen molar-refractivity contribution in [3.05, 3.63) is 33.9 Å². The van der Waals surface area contributed by atoms with Crippen LogP contribution in [0.1, 0.15) is 38.1 Å².